The number of aromatic nitrogens is 1. The molecule has 0 aliphatic carbocycles. The predicted molar refractivity (Wildman–Crippen MR) is 105 cm³/mol. The van der Waals surface area contributed by atoms with E-state index >= 15 is 0 Å². The maximum atomic E-state index is 12.7. The second-order valence-electron chi connectivity index (χ2n) is 7.07. The molecule has 4 rings (SSSR count). The molecule has 2 aliphatic rings. The van der Waals surface area contributed by atoms with E-state index in [2.05, 4.69) is 15.2 Å². The van der Waals surface area contributed by atoms with Crippen LogP contribution in [0.15, 0.2) is 42.6 Å². The number of benzene rings is 1. The molecule has 0 spiro atoms. The van der Waals surface area contributed by atoms with Gasteiger partial charge in [0.05, 0.1) is 5.56 Å². The van der Waals surface area contributed by atoms with Crippen LogP contribution in [0.1, 0.15) is 41.6 Å². The van der Waals surface area contributed by atoms with Crippen LogP contribution in [0.2, 0.25) is 0 Å². The summed E-state index contributed by atoms with van der Waals surface area (Å²) in [6.45, 7) is 3.14. The van der Waals surface area contributed by atoms with E-state index in [-0.39, 0.29) is 11.8 Å². The number of carbonyl (C=O) groups is 2. The van der Waals surface area contributed by atoms with Crippen LogP contribution >= 0.6 is 0 Å². The largest absolute Gasteiger partial charge is 0.356 e. The third-order valence-corrected chi connectivity index (χ3v) is 5.21. The van der Waals surface area contributed by atoms with Gasteiger partial charge in [0.1, 0.15) is 5.82 Å². The Morgan fingerprint density at radius 3 is 2.52 bits per heavy atom. The number of anilines is 2. The molecule has 2 amide bonds. The quantitative estimate of drug-likeness (QED) is 0.886. The van der Waals surface area contributed by atoms with E-state index in [1.165, 1.54) is 0 Å². The van der Waals surface area contributed by atoms with Crippen LogP contribution in [0.3, 0.4) is 0 Å². The van der Waals surface area contributed by atoms with Crippen LogP contribution in [0.25, 0.3) is 0 Å². The number of nitrogens with one attached hydrogen (secondary N) is 1. The molecule has 6 heteroatoms. The fourth-order valence-electron chi connectivity index (χ4n) is 3.75. The molecule has 0 radical (unpaired) electrons. The summed E-state index contributed by atoms with van der Waals surface area (Å²) in [6.07, 6.45) is 5.57. The molecular weight excluding hydrogens is 340 g/mol. The molecule has 1 aromatic heterocycles. The number of amides is 2. The lowest BCUT2D eigenvalue weighted by atomic mass is 10.1. The zero-order valence-electron chi connectivity index (χ0n) is 15.4. The van der Waals surface area contributed by atoms with Gasteiger partial charge < -0.3 is 15.1 Å². The van der Waals surface area contributed by atoms with Crippen molar-refractivity contribution in [2.75, 3.05) is 29.4 Å². The van der Waals surface area contributed by atoms with E-state index < -0.39 is 0 Å². The van der Waals surface area contributed by atoms with E-state index in [0.29, 0.717) is 18.5 Å². The smallest absolute Gasteiger partial charge is 0.255 e. The lowest BCUT2D eigenvalue weighted by Gasteiger charge is -2.19. The summed E-state index contributed by atoms with van der Waals surface area (Å²) in [6, 6.07) is 11.5. The summed E-state index contributed by atoms with van der Waals surface area (Å²) in [5.74, 6) is 0.848. The van der Waals surface area contributed by atoms with Gasteiger partial charge in [-0.1, -0.05) is 12.1 Å². The lowest BCUT2D eigenvalue weighted by Crippen LogP contribution is -2.28. The molecule has 27 heavy (non-hydrogen) atoms. The summed E-state index contributed by atoms with van der Waals surface area (Å²) in [5.41, 5.74) is 2.56. The molecule has 0 bridgehead atoms. The average molecular weight is 364 g/mol. The lowest BCUT2D eigenvalue weighted by molar-refractivity contribution is -0.117. The van der Waals surface area contributed by atoms with Crippen LogP contribution in [-0.2, 0) is 11.3 Å². The minimum absolute atomic E-state index is 0.108. The standard InChI is InChI=1S/C21H24N4O2/c26-19-6-4-14-25(19)17-9-7-16(8-10-17)15-23-21(27)18-5-3-11-22-20(18)24-12-1-2-13-24/h3,5,7-11H,1-2,4,6,12-15H2,(H,23,27). The first kappa shape index (κ1) is 17.5. The fourth-order valence-corrected chi connectivity index (χ4v) is 3.75. The molecule has 140 valence electrons. The minimum atomic E-state index is -0.108. The maximum Gasteiger partial charge on any atom is 0.255 e. The Balaban J connectivity index is 1.40. The first-order valence-corrected chi connectivity index (χ1v) is 9.60. The van der Waals surface area contributed by atoms with Crippen molar-refractivity contribution in [2.24, 2.45) is 0 Å². The Bertz CT molecular complexity index is 828. The molecule has 6 nitrogen and oxygen atoms in total. The predicted octanol–water partition coefficient (Wildman–Crippen LogP) is 2.74. The van der Waals surface area contributed by atoms with E-state index in [0.717, 1.165) is 56.0 Å². The van der Waals surface area contributed by atoms with Crippen molar-refractivity contribution in [1.82, 2.24) is 10.3 Å². The summed E-state index contributed by atoms with van der Waals surface area (Å²) in [4.78, 5) is 32.9. The molecule has 2 aromatic rings. The van der Waals surface area contributed by atoms with E-state index in [4.69, 9.17) is 0 Å². The van der Waals surface area contributed by atoms with Gasteiger partial charge in [0.25, 0.3) is 5.91 Å². The van der Waals surface area contributed by atoms with Gasteiger partial charge in [-0.05, 0) is 49.1 Å². The highest BCUT2D eigenvalue weighted by atomic mass is 16.2. The van der Waals surface area contributed by atoms with Gasteiger partial charge in [-0.2, -0.15) is 0 Å². The van der Waals surface area contributed by atoms with Crippen molar-refractivity contribution in [1.29, 1.82) is 0 Å². The Kier molecular flexibility index (Phi) is 5.05. The van der Waals surface area contributed by atoms with Gasteiger partial charge in [-0.15, -0.1) is 0 Å². The molecule has 2 aliphatic heterocycles. The van der Waals surface area contributed by atoms with Crippen molar-refractivity contribution in [3.63, 3.8) is 0 Å². The van der Waals surface area contributed by atoms with Gasteiger partial charge in [-0.25, -0.2) is 4.98 Å². The second kappa shape index (κ2) is 7.78. The van der Waals surface area contributed by atoms with Crippen LogP contribution < -0.4 is 15.1 Å². The third-order valence-electron chi connectivity index (χ3n) is 5.21. The Labute approximate surface area is 159 Å². The Hall–Kier alpha value is -2.89. The first-order chi connectivity index (χ1) is 13.2. The van der Waals surface area contributed by atoms with Gasteiger partial charge >= 0.3 is 0 Å². The third kappa shape index (κ3) is 3.79. The van der Waals surface area contributed by atoms with Crippen LogP contribution in [0.5, 0.6) is 0 Å². The Morgan fingerprint density at radius 1 is 1.04 bits per heavy atom. The van der Waals surface area contributed by atoms with E-state index in [9.17, 15) is 9.59 Å². The normalized spacial score (nSPS) is 16.8. The van der Waals surface area contributed by atoms with Gasteiger partial charge in [0, 0.05) is 44.5 Å². The molecule has 0 saturated carbocycles. The summed E-state index contributed by atoms with van der Waals surface area (Å²) < 4.78 is 0. The van der Waals surface area contributed by atoms with Crippen LogP contribution in [-0.4, -0.2) is 36.4 Å². The van der Waals surface area contributed by atoms with Crippen molar-refractivity contribution in [3.05, 3.63) is 53.7 Å². The van der Waals surface area contributed by atoms with E-state index in [1.807, 2.05) is 35.2 Å². The first-order valence-electron chi connectivity index (χ1n) is 9.60. The van der Waals surface area contributed by atoms with Gasteiger partial charge in [0.15, 0.2) is 0 Å². The summed E-state index contributed by atoms with van der Waals surface area (Å²) in [5, 5.41) is 2.99. The molecule has 3 heterocycles. The minimum Gasteiger partial charge on any atom is -0.356 e. The van der Waals surface area contributed by atoms with Crippen LogP contribution in [0, 0.1) is 0 Å². The molecule has 1 N–H and O–H groups in total. The average Bonchev–Trinajstić information content (AvgIpc) is 3.38. The van der Waals surface area contributed by atoms with Gasteiger partial charge in [0.2, 0.25) is 5.91 Å². The Morgan fingerprint density at radius 2 is 1.81 bits per heavy atom. The van der Waals surface area contributed by atoms with Crippen molar-refractivity contribution in [3.8, 4) is 0 Å². The molecule has 0 atom stereocenters. The second-order valence-corrected chi connectivity index (χ2v) is 7.07. The van der Waals surface area contributed by atoms with Crippen molar-refractivity contribution < 1.29 is 9.59 Å². The molecular formula is C21H24N4O2. The summed E-state index contributed by atoms with van der Waals surface area (Å²) >= 11 is 0. The van der Waals surface area contributed by atoms with E-state index in [1.54, 1.807) is 12.3 Å². The maximum absolute atomic E-state index is 12.7. The highest BCUT2D eigenvalue weighted by Crippen LogP contribution is 2.23. The highest BCUT2D eigenvalue weighted by molar-refractivity contribution is 5.99. The monoisotopic (exact) mass is 364 g/mol. The number of rotatable bonds is 5. The number of pyridine rings is 1. The number of nitrogens with zero attached hydrogens (tertiary/aromatic N) is 3. The number of hydrogen-bond donors (Lipinski definition) is 1. The number of hydrogen-bond acceptors (Lipinski definition) is 4. The highest BCUT2D eigenvalue weighted by Gasteiger charge is 2.22. The van der Waals surface area contributed by atoms with Crippen molar-refractivity contribution >= 4 is 23.3 Å². The topological polar surface area (TPSA) is 65.5 Å². The molecule has 1 aromatic carbocycles. The van der Waals surface area contributed by atoms with Gasteiger partial charge in [-0.3, -0.25) is 9.59 Å². The fraction of sp³-hybridized carbons (Fsp3) is 0.381. The zero-order chi connectivity index (χ0) is 18.6. The van der Waals surface area contributed by atoms with Crippen molar-refractivity contribution in [2.45, 2.75) is 32.2 Å². The SMILES string of the molecule is O=C(NCc1ccc(N2CCCC2=O)cc1)c1cccnc1N1CCCC1. The van der Waals surface area contributed by atoms with Crippen LogP contribution in [0.4, 0.5) is 11.5 Å². The summed E-state index contributed by atoms with van der Waals surface area (Å²) in [7, 11) is 0. The number of carbonyl (C=O) groups excluding carboxylic acids is 2. The molecule has 0 unspecified atom stereocenters. The molecule has 2 fully saturated rings. The zero-order valence-corrected chi connectivity index (χ0v) is 15.4. The molecule has 2 saturated heterocycles.